The van der Waals surface area contributed by atoms with Gasteiger partial charge in [-0.3, -0.25) is 33.7 Å². The summed E-state index contributed by atoms with van der Waals surface area (Å²) >= 11 is 0. The highest BCUT2D eigenvalue weighted by atomic mass is 16.7. The summed E-state index contributed by atoms with van der Waals surface area (Å²) in [5.74, 6) is -3.82. The van der Waals surface area contributed by atoms with Gasteiger partial charge in [0.1, 0.15) is 24.7 Å². The summed E-state index contributed by atoms with van der Waals surface area (Å²) in [6.45, 7) is 18.8. The van der Waals surface area contributed by atoms with Crippen LogP contribution in [0.3, 0.4) is 0 Å². The van der Waals surface area contributed by atoms with Crippen molar-refractivity contribution >= 4 is 47.5 Å². The van der Waals surface area contributed by atoms with Gasteiger partial charge in [0.05, 0.1) is 43.4 Å². The third-order valence-electron chi connectivity index (χ3n) is 14.7. The van der Waals surface area contributed by atoms with Gasteiger partial charge in [-0.2, -0.15) is 0 Å². The van der Waals surface area contributed by atoms with Crippen molar-refractivity contribution in [2.75, 3.05) is 74.8 Å². The summed E-state index contributed by atoms with van der Waals surface area (Å²) in [6.07, 6.45) is 0.109. The highest BCUT2D eigenvalue weighted by Crippen LogP contribution is 2.31. The molecule has 0 aliphatic carbocycles. The quantitative estimate of drug-likeness (QED) is 0.0319. The number of rotatable bonds is 36. The van der Waals surface area contributed by atoms with Crippen LogP contribution in [0.2, 0.25) is 0 Å². The van der Waals surface area contributed by atoms with E-state index in [-0.39, 0.29) is 106 Å². The Bertz CT molecular complexity index is 2040. The number of hydrogen-bond donors (Lipinski definition) is 6. The first-order chi connectivity index (χ1) is 37.4. The summed E-state index contributed by atoms with van der Waals surface area (Å²) in [6, 6.07) is 5.32. The van der Waals surface area contributed by atoms with Gasteiger partial charge in [0.2, 0.25) is 35.4 Å². The van der Waals surface area contributed by atoms with Gasteiger partial charge in [-0.15, -0.1) is 0 Å². The molecular weight excluding hydrogens is 1020 g/mol. The zero-order chi connectivity index (χ0) is 59.5. The molecule has 1 aromatic rings. The number of esters is 1. The smallest absolute Gasteiger partial charge is 0.407 e. The Balaban J connectivity index is 2.04. The average molecular weight is 1120 g/mol. The molecule has 1 saturated heterocycles. The Morgan fingerprint density at radius 1 is 0.772 bits per heavy atom. The van der Waals surface area contributed by atoms with E-state index < -0.39 is 84.4 Å². The molecule has 1 heterocycles. The number of ether oxygens (including phenoxy) is 5. The molecule has 7 amide bonds. The maximum absolute atomic E-state index is 14.4. The molecule has 79 heavy (non-hydrogen) atoms. The van der Waals surface area contributed by atoms with Crippen molar-refractivity contribution in [1.29, 1.82) is 0 Å². The van der Waals surface area contributed by atoms with Crippen molar-refractivity contribution in [2.24, 2.45) is 29.6 Å². The van der Waals surface area contributed by atoms with E-state index in [1.165, 1.54) is 21.1 Å². The fourth-order valence-corrected chi connectivity index (χ4v) is 10.2. The standard InChI is InChI=1S/C57H98N8O14/c1-16-37(7)50(64(13)55(72)48(35(3)4)62-54(71)49(36(5)6)63(11)12)38(8)31-46(68)65-29-21-25-44(65)51(76-15)39(9)52(69)61-43(32-41-23-19-18-20-24-41)53(70)58-27-22-30-77-56(73)40(10)60-45(67)26-28-59-57(74)78-34-47(75-14)79-42(17-2)33-66/h18-20,23-24,35-40,42-44,47-51,66H,16-17,21-22,25-34H2,1-15H3,(H,58,70)(H,59,74)(H,60,67)(H,61,69)(H,62,71)/t37-,38+,39+,40-,42?,43-,44-,47?,48+,49-,50-,51+/m0/s1. The average Bonchev–Trinajstić information content (AvgIpc) is 3.90. The van der Waals surface area contributed by atoms with E-state index in [0.717, 1.165) is 12.0 Å². The molecule has 1 aromatic carbocycles. The number of nitrogens with one attached hydrogen (secondary N) is 5. The van der Waals surface area contributed by atoms with Crippen LogP contribution in [0.25, 0.3) is 0 Å². The monoisotopic (exact) mass is 1120 g/mol. The van der Waals surface area contributed by atoms with E-state index in [0.29, 0.717) is 25.8 Å². The van der Waals surface area contributed by atoms with Crippen LogP contribution < -0.4 is 26.6 Å². The van der Waals surface area contributed by atoms with Gasteiger partial charge < -0.3 is 65.2 Å². The van der Waals surface area contributed by atoms with Crippen LogP contribution >= 0.6 is 0 Å². The SMILES string of the molecule is CCC(CO)OC(COC(=O)NCCC(=O)N[C@@H](C)C(=O)OCCCNC(=O)[C@H](Cc1ccccc1)NC(=O)[C@H](C)[C@@H](OC)[C@@H]1CCCN1C(=O)C[C@@H](C)[C@H]([C@@H](C)CC)N(C)C(=O)[C@H](NC(=O)[C@H](C(C)C)N(C)C)C(C)C)OC. The topological polar surface area (TPSA) is 273 Å². The normalized spacial score (nSPS) is 17.7. The summed E-state index contributed by atoms with van der Waals surface area (Å²) in [7, 11) is 8.34. The third-order valence-corrected chi connectivity index (χ3v) is 14.7. The number of aliphatic hydroxyl groups excluding tert-OH is 1. The second kappa shape index (κ2) is 36.0. The van der Waals surface area contributed by atoms with Crippen LogP contribution in [0.4, 0.5) is 4.79 Å². The first kappa shape index (κ1) is 69.7. The molecule has 2 rings (SSSR count). The molecule has 0 bridgehead atoms. The lowest BCUT2D eigenvalue weighted by molar-refractivity contribution is -0.181. The molecule has 450 valence electrons. The summed E-state index contributed by atoms with van der Waals surface area (Å²) in [5.41, 5.74) is 0.809. The molecule has 22 nitrogen and oxygen atoms in total. The Morgan fingerprint density at radius 3 is 2.01 bits per heavy atom. The zero-order valence-corrected chi connectivity index (χ0v) is 50.0. The number of methoxy groups -OCH3 is 2. The first-order valence-corrected chi connectivity index (χ1v) is 28.2. The van der Waals surface area contributed by atoms with Crippen molar-refractivity contribution in [3.8, 4) is 0 Å². The van der Waals surface area contributed by atoms with Crippen molar-refractivity contribution in [3.63, 3.8) is 0 Å². The maximum atomic E-state index is 14.4. The molecule has 6 N–H and O–H groups in total. The molecule has 2 unspecified atom stereocenters. The summed E-state index contributed by atoms with van der Waals surface area (Å²) < 4.78 is 27.0. The van der Waals surface area contributed by atoms with Crippen molar-refractivity contribution in [1.82, 2.24) is 41.3 Å². The minimum Gasteiger partial charge on any atom is -0.464 e. The van der Waals surface area contributed by atoms with Crippen LogP contribution in [-0.2, 0) is 63.7 Å². The molecule has 22 heteroatoms. The third kappa shape index (κ3) is 22.9. The van der Waals surface area contributed by atoms with Crippen LogP contribution in [0.5, 0.6) is 0 Å². The van der Waals surface area contributed by atoms with Crippen LogP contribution in [0.15, 0.2) is 30.3 Å². The summed E-state index contributed by atoms with van der Waals surface area (Å²) in [5, 5.41) is 23.1. The van der Waals surface area contributed by atoms with E-state index in [1.54, 1.807) is 23.8 Å². The van der Waals surface area contributed by atoms with Gasteiger partial charge in [0.15, 0.2) is 6.29 Å². The molecule has 12 atom stereocenters. The lowest BCUT2D eigenvalue weighted by Gasteiger charge is -2.40. The van der Waals surface area contributed by atoms with E-state index >= 15 is 0 Å². The van der Waals surface area contributed by atoms with Gasteiger partial charge >= 0.3 is 12.1 Å². The number of likely N-dealkylation sites (tertiary alicyclic amines) is 1. The maximum Gasteiger partial charge on any atom is 0.407 e. The number of benzene rings is 1. The van der Waals surface area contributed by atoms with Crippen molar-refractivity contribution < 1.29 is 67.1 Å². The molecular formula is C57H98N8O14. The lowest BCUT2D eigenvalue weighted by atomic mass is 9.84. The van der Waals surface area contributed by atoms with Gasteiger partial charge in [-0.1, -0.05) is 99.1 Å². The van der Waals surface area contributed by atoms with Crippen LogP contribution in [0.1, 0.15) is 120 Å². The predicted molar refractivity (Wildman–Crippen MR) is 299 cm³/mol. The number of alkyl carbamates (subject to hydrolysis) is 1. The molecule has 0 radical (unpaired) electrons. The van der Waals surface area contributed by atoms with E-state index in [4.69, 9.17) is 23.7 Å². The van der Waals surface area contributed by atoms with Gasteiger partial charge in [0, 0.05) is 66.2 Å². The Morgan fingerprint density at radius 2 is 1.44 bits per heavy atom. The minimum absolute atomic E-state index is 0.0244. The Labute approximate surface area is 470 Å². The number of likely N-dealkylation sites (N-methyl/N-ethyl adjacent to an activating group) is 2. The zero-order valence-electron chi connectivity index (χ0n) is 50.0. The van der Waals surface area contributed by atoms with Gasteiger partial charge in [-0.25, -0.2) is 9.59 Å². The van der Waals surface area contributed by atoms with Gasteiger partial charge in [0.25, 0.3) is 0 Å². The van der Waals surface area contributed by atoms with E-state index in [2.05, 4.69) is 40.4 Å². The number of aliphatic hydroxyl groups is 1. The highest BCUT2D eigenvalue weighted by molar-refractivity contribution is 5.91. The predicted octanol–water partition coefficient (Wildman–Crippen LogP) is 3.41. The van der Waals surface area contributed by atoms with Crippen LogP contribution in [0, 0.1) is 29.6 Å². The first-order valence-electron chi connectivity index (χ1n) is 28.2. The number of amides is 7. The second-order valence-corrected chi connectivity index (χ2v) is 21.8. The molecule has 0 spiro atoms. The fourth-order valence-electron chi connectivity index (χ4n) is 10.2. The number of carbonyl (C=O) groups excluding carboxylic acids is 8. The Kier molecular flexibility index (Phi) is 31.8. The van der Waals surface area contributed by atoms with Crippen LogP contribution in [-0.4, -0.2) is 197 Å². The lowest BCUT2D eigenvalue weighted by Crippen LogP contribution is -2.58. The minimum atomic E-state index is -1.00. The molecule has 0 aromatic heterocycles. The van der Waals surface area contributed by atoms with Crippen molar-refractivity contribution in [2.45, 2.75) is 175 Å². The molecule has 1 fully saturated rings. The number of hydrogen-bond acceptors (Lipinski definition) is 15. The summed E-state index contributed by atoms with van der Waals surface area (Å²) in [4.78, 5) is 113. The largest absolute Gasteiger partial charge is 0.464 e. The molecule has 1 aliphatic heterocycles. The van der Waals surface area contributed by atoms with Gasteiger partial charge in [-0.05, 0) is 75.9 Å². The fraction of sp³-hybridized carbons (Fsp3) is 0.754. The number of carbonyl (C=O) groups is 8. The highest BCUT2D eigenvalue weighted by Gasteiger charge is 2.43. The van der Waals surface area contributed by atoms with Crippen molar-refractivity contribution in [3.05, 3.63) is 35.9 Å². The second-order valence-electron chi connectivity index (χ2n) is 21.8. The Hall–Kier alpha value is -5.42. The molecule has 1 aliphatic rings. The molecule has 0 saturated carbocycles. The van der Waals surface area contributed by atoms with E-state index in [1.807, 2.05) is 90.9 Å². The number of nitrogens with zero attached hydrogens (tertiary/aromatic N) is 3. The van der Waals surface area contributed by atoms with E-state index in [9.17, 15) is 43.5 Å².